The number of rotatable bonds is 2. The van der Waals surface area contributed by atoms with Gasteiger partial charge >= 0.3 is 0 Å². The fraction of sp³-hybridized carbons (Fsp3) is 0.571. The smallest absolute Gasteiger partial charge is 0.0318 e. The van der Waals surface area contributed by atoms with Gasteiger partial charge in [-0.25, -0.2) is 0 Å². The van der Waals surface area contributed by atoms with E-state index in [0.29, 0.717) is 12.1 Å². The molecule has 0 bridgehead atoms. The molecule has 0 radical (unpaired) electrons. The van der Waals surface area contributed by atoms with Gasteiger partial charge in [0.05, 0.1) is 0 Å². The number of hydrogen-bond donors (Lipinski definition) is 1. The monoisotopic (exact) mass is 296 g/mol. The number of anilines is 1. The standard InChI is InChI=1S/C14H21BrN2/c1-10-4-3-5-11(2)17(10)9-12-8-13(16)6-7-14(12)15/h6-8,10-11H,3-5,9,16H2,1-2H3. The molecule has 1 aromatic rings. The largest absolute Gasteiger partial charge is 0.399 e. The first kappa shape index (κ1) is 12.9. The highest BCUT2D eigenvalue weighted by molar-refractivity contribution is 9.10. The zero-order chi connectivity index (χ0) is 12.4. The van der Waals surface area contributed by atoms with E-state index in [2.05, 4.69) is 40.7 Å². The van der Waals surface area contributed by atoms with Crippen molar-refractivity contribution in [3.63, 3.8) is 0 Å². The molecule has 2 N–H and O–H groups in total. The quantitative estimate of drug-likeness (QED) is 0.841. The third kappa shape index (κ3) is 3.02. The molecule has 1 heterocycles. The number of likely N-dealkylation sites (tertiary alicyclic amines) is 1. The van der Waals surface area contributed by atoms with E-state index in [9.17, 15) is 0 Å². The molecule has 1 aromatic carbocycles. The van der Waals surface area contributed by atoms with E-state index >= 15 is 0 Å². The summed E-state index contributed by atoms with van der Waals surface area (Å²) in [7, 11) is 0. The van der Waals surface area contributed by atoms with Gasteiger partial charge in [0.25, 0.3) is 0 Å². The highest BCUT2D eigenvalue weighted by Crippen LogP contribution is 2.28. The second kappa shape index (κ2) is 5.40. The Morgan fingerprint density at radius 1 is 1.29 bits per heavy atom. The molecule has 0 aliphatic carbocycles. The zero-order valence-corrected chi connectivity index (χ0v) is 12.2. The lowest BCUT2D eigenvalue weighted by Gasteiger charge is -2.39. The molecule has 17 heavy (non-hydrogen) atoms. The Balaban J connectivity index is 2.16. The summed E-state index contributed by atoms with van der Waals surface area (Å²) in [5, 5.41) is 0. The third-order valence-electron chi connectivity index (χ3n) is 3.80. The number of benzene rings is 1. The summed E-state index contributed by atoms with van der Waals surface area (Å²) in [5.41, 5.74) is 8.01. The van der Waals surface area contributed by atoms with Crippen LogP contribution in [0.15, 0.2) is 22.7 Å². The molecule has 1 fully saturated rings. The van der Waals surface area contributed by atoms with E-state index in [4.69, 9.17) is 5.73 Å². The summed E-state index contributed by atoms with van der Waals surface area (Å²) in [5.74, 6) is 0. The highest BCUT2D eigenvalue weighted by atomic mass is 79.9. The van der Waals surface area contributed by atoms with Crippen LogP contribution in [-0.4, -0.2) is 17.0 Å². The van der Waals surface area contributed by atoms with Gasteiger partial charge in [0.15, 0.2) is 0 Å². The minimum atomic E-state index is 0.673. The van der Waals surface area contributed by atoms with Crippen molar-refractivity contribution in [2.45, 2.75) is 51.7 Å². The van der Waals surface area contributed by atoms with Crippen LogP contribution in [0.4, 0.5) is 5.69 Å². The van der Waals surface area contributed by atoms with Crippen LogP contribution < -0.4 is 5.73 Å². The van der Waals surface area contributed by atoms with Crippen LogP contribution in [0.25, 0.3) is 0 Å². The number of hydrogen-bond acceptors (Lipinski definition) is 2. The lowest BCUT2D eigenvalue weighted by molar-refractivity contribution is 0.0951. The average molecular weight is 297 g/mol. The molecule has 0 aromatic heterocycles. The van der Waals surface area contributed by atoms with Gasteiger partial charge in [-0.15, -0.1) is 0 Å². The van der Waals surface area contributed by atoms with Crippen molar-refractivity contribution in [1.29, 1.82) is 0 Å². The van der Waals surface area contributed by atoms with Crippen molar-refractivity contribution < 1.29 is 0 Å². The van der Waals surface area contributed by atoms with Gasteiger partial charge in [0, 0.05) is 28.8 Å². The summed E-state index contributed by atoms with van der Waals surface area (Å²) >= 11 is 3.61. The topological polar surface area (TPSA) is 29.3 Å². The van der Waals surface area contributed by atoms with E-state index in [1.807, 2.05) is 12.1 Å². The van der Waals surface area contributed by atoms with E-state index in [-0.39, 0.29) is 0 Å². The summed E-state index contributed by atoms with van der Waals surface area (Å²) in [6, 6.07) is 7.41. The Kier molecular flexibility index (Phi) is 4.10. The second-order valence-corrected chi connectivity index (χ2v) is 6.01. The zero-order valence-electron chi connectivity index (χ0n) is 10.6. The predicted octanol–water partition coefficient (Wildman–Crippen LogP) is 3.79. The van der Waals surface area contributed by atoms with Crippen LogP contribution in [-0.2, 0) is 6.54 Å². The second-order valence-electron chi connectivity index (χ2n) is 5.15. The molecule has 2 atom stereocenters. The molecule has 1 aliphatic rings. The minimum Gasteiger partial charge on any atom is -0.399 e. The summed E-state index contributed by atoms with van der Waals surface area (Å²) in [4.78, 5) is 2.59. The molecule has 0 amide bonds. The molecule has 3 heteroatoms. The van der Waals surface area contributed by atoms with Crippen molar-refractivity contribution >= 4 is 21.6 Å². The number of nitrogens with zero attached hydrogens (tertiary/aromatic N) is 1. The van der Waals surface area contributed by atoms with Crippen molar-refractivity contribution in [3.8, 4) is 0 Å². The number of nitrogens with two attached hydrogens (primary N) is 1. The first-order valence-corrected chi connectivity index (χ1v) is 7.17. The summed E-state index contributed by atoms with van der Waals surface area (Å²) < 4.78 is 1.16. The van der Waals surface area contributed by atoms with E-state index in [0.717, 1.165) is 16.7 Å². The molecule has 2 rings (SSSR count). The van der Waals surface area contributed by atoms with E-state index < -0.39 is 0 Å². The molecule has 1 aliphatic heterocycles. The van der Waals surface area contributed by atoms with Crippen LogP contribution in [0.3, 0.4) is 0 Å². The maximum atomic E-state index is 5.86. The van der Waals surface area contributed by atoms with Crippen molar-refractivity contribution in [2.75, 3.05) is 5.73 Å². The fourth-order valence-corrected chi connectivity index (χ4v) is 3.07. The summed E-state index contributed by atoms with van der Waals surface area (Å²) in [6.45, 7) is 5.65. The van der Waals surface area contributed by atoms with Crippen LogP contribution in [0.5, 0.6) is 0 Å². The van der Waals surface area contributed by atoms with Gasteiger partial charge in [0.1, 0.15) is 0 Å². The Hall–Kier alpha value is -0.540. The lowest BCUT2D eigenvalue weighted by Crippen LogP contribution is -2.43. The fourth-order valence-electron chi connectivity index (χ4n) is 2.70. The molecule has 0 spiro atoms. The number of piperidine rings is 1. The average Bonchev–Trinajstić information content (AvgIpc) is 2.28. The van der Waals surface area contributed by atoms with Crippen LogP contribution in [0.2, 0.25) is 0 Å². The van der Waals surface area contributed by atoms with Crippen molar-refractivity contribution in [2.24, 2.45) is 0 Å². The van der Waals surface area contributed by atoms with E-state index in [1.54, 1.807) is 0 Å². The van der Waals surface area contributed by atoms with Gasteiger partial charge in [0.2, 0.25) is 0 Å². The van der Waals surface area contributed by atoms with E-state index in [1.165, 1.54) is 24.8 Å². The minimum absolute atomic E-state index is 0.673. The molecule has 2 unspecified atom stereocenters. The summed E-state index contributed by atoms with van der Waals surface area (Å²) in [6.07, 6.45) is 3.98. The van der Waals surface area contributed by atoms with Gasteiger partial charge in [-0.1, -0.05) is 22.4 Å². The molecule has 94 valence electrons. The van der Waals surface area contributed by atoms with Gasteiger partial charge < -0.3 is 5.73 Å². The Morgan fingerprint density at radius 3 is 2.59 bits per heavy atom. The Labute approximate surface area is 112 Å². The molecule has 0 saturated carbocycles. The molecule has 1 saturated heterocycles. The molecule has 2 nitrogen and oxygen atoms in total. The first-order chi connectivity index (χ1) is 8.08. The highest BCUT2D eigenvalue weighted by Gasteiger charge is 2.24. The van der Waals surface area contributed by atoms with Gasteiger partial charge in [-0.3, -0.25) is 4.90 Å². The Bertz CT molecular complexity index is 382. The maximum Gasteiger partial charge on any atom is 0.0318 e. The van der Waals surface area contributed by atoms with Gasteiger partial charge in [-0.05, 0) is 50.5 Å². The molecular formula is C14H21BrN2. The number of nitrogen functional groups attached to an aromatic ring is 1. The van der Waals surface area contributed by atoms with Crippen LogP contribution in [0, 0.1) is 0 Å². The van der Waals surface area contributed by atoms with Crippen molar-refractivity contribution in [3.05, 3.63) is 28.2 Å². The van der Waals surface area contributed by atoms with Crippen LogP contribution in [0.1, 0.15) is 38.7 Å². The Morgan fingerprint density at radius 2 is 1.94 bits per heavy atom. The SMILES string of the molecule is CC1CCCC(C)N1Cc1cc(N)ccc1Br. The lowest BCUT2D eigenvalue weighted by atomic mass is 9.96. The van der Waals surface area contributed by atoms with Crippen molar-refractivity contribution in [1.82, 2.24) is 4.90 Å². The maximum absolute atomic E-state index is 5.86. The van der Waals surface area contributed by atoms with Gasteiger partial charge in [-0.2, -0.15) is 0 Å². The van der Waals surface area contributed by atoms with Crippen LogP contribution >= 0.6 is 15.9 Å². The normalized spacial score (nSPS) is 26.1. The molecular weight excluding hydrogens is 276 g/mol. The first-order valence-electron chi connectivity index (χ1n) is 6.37. The number of halogens is 1. The predicted molar refractivity (Wildman–Crippen MR) is 76.9 cm³/mol. The third-order valence-corrected chi connectivity index (χ3v) is 4.57.